The second-order valence-corrected chi connectivity index (χ2v) is 6.99. The van der Waals surface area contributed by atoms with Crippen LogP contribution >= 0.6 is 0 Å². The van der Waals surface area contributed by atoms with Crippen molar-refractivity contribution in [3.8, 4) is 17.1 Å². The lowest BCUT2D eigenvalue weighted by atomic mass is 9.87. The van der Waals surface area contributed by atoms with Crippen molar-refractivity contribution in [2.24, 2.45) is 13.0 Å². The fourth-order valence-corrected chi connectivity index (χ4v) is 3.26. The Hall–Kier alpha value is -3.17. The van der Waals surface area contributed by atoms with Crippen LogP contribution in [0.25, 0.3) is 11.4 Å². The quantitative estimate of drug-likeness (QED) is 0.722. The van der Waals surface area contributed by atoms with Crippen LogP contribution in [0.4, 0.5) is 10.6 Å². The maximum absolute atomic E-state index is 11.9. The Morgan fingerprint density at radius 3 is 2.86 bits per heavy atom. The van der Waals surface area contributed by atoms with Crippen molar-refractivity contribution in [3.05, 3.63) is 18.3 Å². The van der Waals surface area contributed by atoms with Gasteiger partial charge in [0.15, 0.2) is 11.5 Å². The Balaban J connectivity index is 1.67. The smallest absolute Gasteiger partial charge is 0.412 e. The van der Waals surface area contributed by atoms with E-state index in [4.69, 9.17) is 9.47 Å². The average molecular weight is 403 g/mol. The van der Waals surface area contributed by atoms with Crippen molar-refractivity contribution in [3.63, 3.8) is 0 Å². The standard InChI is InChI=1S/C19H25N5O5/c1-3-9-28-19(27)21-17-16(22-23-24(17)2)15-8-7-14(11-20-15)29-13-6-4-5-12(10-13)18(25)26/h7-8,11-13H,3-6,9-10H2,1-2H3,(H,21,27)(H,25,26)/t12-,13-/m0/s1. The van der Waals surface area contributed by atoms with E-state index in [0.29, 0.717) is 42.4 Å². The van der Waals surface area contributed by atoms with Gasteiger partial charge in [-0.2, -0.15) is 0 Å². The van der Waals surface area contributed by atoms with Crippen LogP contribution in [-0.2, 0) is 16.6 Å². The lowest BCUT2D eigenvalue weighted by Gasteiger charge is -2.27. The summed E-state index contributed by atoms with van der Waals surface area (Å²) in [5, 5.41) is 19.8. The molecule has 2 aromatic heterocycles. The van der Waals surface area contributed by atoms with E-state index in [1.807, 2.05) is 6.92 Å². The summed E-state index contributed by atoms with van der Waals surface area (Å²) < 4.78 is 12.4. The van der Waals surface area contributed by atoms with Gasteiger partial charge in [0.05, 0.1) is 30.5 Å². The normalized spacial score (nSPS) is 18.8. The molecule has 1 amide bonds. The number of carbonyl (C=O) groups is 2. The largest absolute Gasteiger partial charge is 0.489 e. The third kappa shape index (κ3) is 5.21. The lowest BCUT2D eigenvalue weighted by molar-refractivity contribution is -0.143. The Kier molecular flexibility index (Phi) is 6.63. The summed E-state index contributed by atoms with van der Waals surface area (Å²) in [4.78, 5) is 27.4. The van der Waals surface area contributed by atoms with Gasteiger partial charge in [-0.1, -0.05) is 12.1 Å². The highest BCUT2D eigenvalue weighted by Crippen LogP contribution is 2.29. The number of carboxylic acids is 1. The molecule has 0 aliphatic heterocycles. The maximum atomic E-state index is 11.9. The van der Waals surface area contributed by atoms with Gasteiger partial charge < -0.3 is 14.6 Å². The van der Waals surface area contributed by atoms with Crippen LogP contribution in [0, 0.1) is 5.92 Å². The number of aromatic nitrogens is 4. The number of pyridine rings is 1. The average Bonchev–Trinajstić information content (AvgIpc) is 3.07. The zero-order valence-electron chi connectivity index (χ0n) is 16.5. The van der Waals surface area contributed by atoms with Gasteiger partial charge in [0, 0.05) is 7.05 Å². The number of hydrogen-bond acceptors (Lipinski definition) is 7. The van der Waals surface area contributed by atoms with Crippen LogP contribution in [0.15, 0.2) is 18.3 Å². The van der Waals surface area contributed by atoms with Crippen LogP contribution in [0.2, 0.25) is 0 Å². The van der Waals surface area contributed by atoms with Gasteiger partial charge in [-0.05, 0) is 44.2 Å². The number of ether oxygens (including phenoxy) is 2. The molecule has 29 heavy (non-hydrogen) atoms. The van der Waals surface area contributed by atoms with Crippen molar-refractivity contribution in [1.29, 1.82) is 0 Å². The summed E-state index contributed by atoms with van der Waals surface area (Å²) in [6.45, 7) is 2.23. The van der Waals surface area contributed by atoms with E-state index in [1.54, 1.807) is 25.4 Å². The predicted molar refractivity (Wildman–Crippen MR) is 104 cm³/mol. The molecule has 1 fully saturated rings. The molecule has 0 saturated heterocycles. The molecule has 0 bridgehead atoms. The number of nitrogens with one attached hydrogen (secondary N) is 1. The van der Waals surface area contributed by atoms with Gasteiger partial charge in [-0.25, -0.2) is 9.48 Å². The van der Waals surface area contributed by atoms with Gasteiger partial charge >= 0.3 is 12.1 Å². The first-order chi connectivity index (χ1) is 14.0. The van der Waals surface area contributed by atoms with Crippen LogP contribution in [0.1, 0.15) is 39.0 Å². The summed E-state index contributed by atoms with van der Waals surface area (Å²) in [7, 11) is 1.66. The van der Waals surface area contributed by atoms with E-state index in [2.05, 4.69) is 20.6 Å². The minimum atomic E-state index is -0.771. The first-order valence-corrected chi connectivity index (χ1v) is 9.67. The number of carbonyl (C=O) groups excluding carboxylic acids is 1. The number of rotatable bonds is 7. The summed E-state index contributed by atoms with van der Waals surface area (Å²) in [5.41, 5.74) is 0.930. The van der Waals surface area contributed by atoms with Crippen LogP contribution < -0.4 is 10.1 Å². The number of aryl methyl sites for hydroxylation is 1. The monoisotopic (exact) mass is 403 g/mol. The van der Waals surface area contributed by atoms with Crippen molar-refractivity contribution in [2.75, 3.05) is 11.9 Å². The SMILES string of the molecule is CCCOC(=O)Nc1c(-c2ccc(O[C@H]3CCC[C@H](C(=O)O)C3)cn2)nnn1C. The number of aliphatic carboxylic acids is 1. The number of anilines is 1. The molecular formula is C19H25N5O5. The van der Waals surface area contributed by atoms with E-state index in [0.717, 1.165) is 19.3 Å². The molecule has 10 nitrogen and oxygen atoms in total. The topological polar surface area (TPSA) is 128 Å². The van der Waals surface area contributed by atoms with Gasteiger partial charge in [-0.3, -0.25) is 15.1 Å². The second-order valence-electron chi connectivity index (χ2n) is 6.99. The summed E-state index contributed by atoms with van der Waals surface area (Å²) in [6.07, 6.45) is 4.40. The van der Waals surface area contributed by atoms with E-state index in [-0.39, 0.29) is 12.0 Å². The Bertz CT molecular complexity index is 851. The van der Waals surface area contributed by atoms with Gasteiger partial charge in [0.2, 0.25) is 0 Å². The molecule has 2 aromatic rings. The van der Waals surface area contributed by atoms with Crippen molar-refractivity contribution >= 4 is 17.9 Å². The molecule has 2 heterocycles. The highest BCUT2D eigenvalue weighted by molar-refractivity contribution is 5.88. The maximum Gasteiger partial charge on any atom is 0.412 e. The molecule has 1 aliphatic carbocycles. The zero-order chi connectivity index (χ0) is 20.8. The Morgan fingerprint density at radius 2 is 2.17 bits per heavy atom. The molecule has 156 valence electrons. The molecular weight excluding hydrogens is 378 g/mol. The highest BCUT2D eigenvalue weighted by Gasteiger charge is 2.28. The van der Waals surface area contributed by atoms with E-state index < -0.39 is 12.1 Å². The van der Waals surface area contributed by atoms with E-state index >= 15 is 0 Å². The van der Waals surface area contributed by atoms with E-state index in [9.17, 15) is 14.7 Å². The number of nitrogens with zero attached hydrogens (tertiary/aromatic N) is 4. The predicted octanol–water partition coefficient (Wildman–Crippen LogP) is 2.86. The molecule has 1 saturated carbocycles. The minimum absolute atomic E-state index is 0.139. The number of hydrogen-bond donors (Lipinski definition) is 2. The van der Waals surface area contributed by atoms with Crippen LogP contribution in [0.5, 0.6) is 5.75 Å². The van der Waals surface area contributed by atoms with E-state index in [1.165, 1.54) is 4.68 Å². The number of carboxylic acid groups (broad SMARTS) is 1. The van der Waals surface area contributed by atoms with Crippen molar-refractivity contribution in [2.45, 2.75) is 45.1 Å². The second kappa shape index (κ2) is 9.35. The Labute approximate surface area is 168 Å². The van der Waals surface area contributed by atoms with Gasteiger partial charge in [0.25, 0.3) is 0 Å². The summed E-state index contributed by atoms with van der Waals surface area (Å²) in [6, 6.07) is 3.47. The molecule has 3 rings (SSSR count). The first kappa shape index (κ1) is 20.6. The molecule has 1 aliphatic rings. The Morgan fingerprint density at radius 1 is 1.34 bits per heavy atom. The third-order valence-corrected chi connectivity index (χ3v) is 4.74. The molecule has 2 atom stereocenters. The minimum Gasteiger partial charge on any atom is -0.489 e. The fourth-order valence-electron chi connectivity index (χ4n) is 3.26. The highest BCUT2D eigenvalue weighted by atomic mass is 16.5. The molecule has 0 aromatic carbocycles. The molecule has 10 heteroatoms. The van der Waals surface area contributed by atoms with Crippen LogP contribution in [-0.4, -0.2) is 49.9 Å². The summed E-state index contributed by atoms with van der Waals surface area (Å²) in [5.74, 6) is -0.192. The summed E-state index contributed by atoms with van der Waals surface area (Å²) >= 11 is 0. The van der Waals surface area contributed by atoms with Gasteiger partial charge in [-0.15, -0.1) is 5.10 Å². The van der Waals surface area contributed by atoms with Gasteiger partial charge in [0.1, 0.15) is 5.75 Å². The fraction of sp³-hybridized carbons (Fsp3) is 0.526. The van der Waals surface area contributed by atoms with Crippen LogP contribution in [0.3, 0.4) is 0 Å². The van der Waals surface area contributed by atoms with Crippen molar-refractivity contribution < 1.29 is 24.2 Å². The molecule has 2 N–H and O–H groups in total. The van der Waals surface area contributed by atoms with Crippen molar-refractivity contribution in [1.82, 2.24) is 20.0 Å². The lowest BCUT2D eigenvalue weighted by Crippen LogP contribution is -2.29. The third-order valence-electron chi connectivity index (χ3n) is 4.74. The zero-order valence-corrected chi connectivity index (χ0v) is 16.5. The first-order valence-electron chi connectivity index (χ1n) is 9.67. The number of amides is 1. The molecule has 0 radical (unpaired) electrons. The molecule has 0 unspecified atom stereocenters. The molecule has 0 spiro atoms.